The van der Waals surface area contributed by atoms with Crippen LogP contribution >= 0.6 is 0 Å². The van der Waals surface area contributed by atoms with Crippen molar-refractivity contribution in [1.29, 1.82) is 0 Å². The van der Waals surface area contributed by atoms with E-state index in [0.717, 1.165) is 32.6 Å². The van der Waals surface area contributed by atoms with Crippen molar-refractivity contribution in [3.8, 4) is 0 Å². The van der Waals surface area contributed by atoms with Crippen LogP contribution in [0.5, 0.6) is 0 Å². The van der Waals surface area contributed by atoms with E-state index in [-0.39, 0.29) is 0 Å². The molecule has 0 spiro atoms. The summed E-state index contributed by atoms with van der Waals surface area (Å²) in [5.74, 6) is 0. The fraction of sp³-hybridized carbons (Fsp3) is 0.462. The van der Waals surface area contributed by atoms with E-state index in [0.29, 0.717) is 6.04 Å². The van der Waals surface area contributed by atoms with Gasteiger partial charge in [0.05, 0.1) is 0 Å². The van der Waals surface area contributed by atoms with Gasteiger partial charge in [-0.3, -0.25) is 9.88 Å². The Morgan fingerprint density at radius 2 is 2.56 bits per heavy atom. The zero-order valence-corrected chi connectivity index (χ0v) is 9.60. The topological polar surface area (TPSA) is 28.2 Å². The molecule has 1 unspecified atom stereocenters. The van der Waals surface area contributed by atoms with Gasteiger partial charge in [-0.05, 0) is 18.1 Å². The Labute approximate surface area is 97.2 Å². The monoisotopic (exact) mass is 217 g/mol. The van der Waals surface area contributed by atoms with E-state index in [1.165, 1.54) is 5.56 Å². The molecule has 86 valence electrons. The fourth-order valence-corrected chi connectivity index (χ4v) is 2.17. The van der Waals surface area contributed by atoms with Crippen molar-refractivity contribution in [3.63, 3.8) is 0 Å². The molecule has 1 aromatic rings. The predicted molar refractivity (Wildman–Crippen MR) is 66.2 cm³/mol. The first-order chi connectivity index (χ1) is 7.92. The third kappa shape index (κ3) is 2.68. The number of nitrogens with zero attached hydrogens (tertiary/aromatic N) is 2. The van der Waals surface area contributed by atoms with Crippen LogP contribution in [0.1, 0.15) is 18.0 Å². The first kappa shape index (κ1) is 11.3. The lowest BCUT2D eigenvalue weighted by molar-refractivity contribution is 0.165. The van der Waals surface area contributed by atoms with Gasteiger partial charge in [-0.2, -0.15) is 0 Å². The summed E-state index contributed by atoms with van der Waals surface area (Å²) in [6.07, 6.45) is 6.84. The SMILES string of the molecule is C=CCCN1CCNCC1c1cccnc1. The number of rotatable bonds is 4. The van der Waals surface area contributed by atoms with Crippen LogP contribution in [0.25, 0.3) is 0 Å². The van der Waals surface area contributed by atoms with E-state index in [1.807, 2.05) is 24.5 Å². The van der Waals surface area contributed by atoms with E-state index in [1.54, 1.807) is 0 Å². The highest BCUT2D eigenvalue weighted by Gasteiger charge is 2.22. The van der Waals surface area contributed by atoms with Gasteiger partial charge in [0.1, 0.15) is 0 Å². The Balaban J connectivity index is 2.07. The zero-order valence-electron chi connectivity index (χ0n) is 9.60. The van der Waals surface area contributed by atoms with Gasteiger partial charge in [-0.15, -0.1) is 6.58 Å². The minimum Gasteiger partial charge on any atom is -0.314 e. The van der Waals surface area contributed by atoms with Gasteiger partial charge in [0.15, 0.2) is 0 Å². The average Bonchev–Trinajstić information content (AvgIpc) is 2.38. The molecule has 1 atom stereocenters. The van der Waals surface area contributed by atoms with Crippen LogP contribution < -0.4 is 5.32 Å². The van der Waals surface area contributed by atoms with Crippen LogP contribution in [0, 0.1) is 0 Å². The molecule has 0 saturated carbocycles. The van der Waals surface area contributed by atoms with E-state index in [9.17, 15) is 0 Å². The zero-order chi connectivity index (χ0) is 11.2. The van der Waals surface area contributed by atoms with E-state index >= 15 is 0 Å². The maximum absolute atomic E-state index is 4.20. The maximum Gasteiger partial charge on any atom is 0.0488 e. The van der Waals surface area contributed by atoms with Crippen molar-refractivity contribution in [3.05, 3.63) is 42.7 Å². The molecule has 1 saturated heterocycles. The lowest BCUT2D eigenvalue weighted by Gasteiger charge is -2.36. The second-order valence-corrected chi connectivity index (χ2v) is 4.12. The molecule has 16 heavy (non-hydrogen) atoms. The smallest absolute Gasteiger partial charge is 0.0488 e. The Morgan fingerprint density at radius 3 is 3.31 bits per heavy atom. The molecule has 1 aliphatic heterocycles. The molecule has 1 fully saturated rings. The minimum absolute atomic E-state index is 0.461. The Bertz CT molecular complexity index is 323. The van der Waals surface area contributed by atoms with Crippen molar-refractivity contribution < 1.29 is 0 Å². The molecule has 1 aromatic heterocycles. The summed E-state index contributed by atoms with van der Waals surface area (Å²) in [5.41, 5.74) is 1.30. The van der Waals surface area contributed by atoms with Crippen LogP contribution in [-0.2, 0) is 0 Å². The van der Waals surface area contributed by atoms with Gasteiger partial charge >= 0.3 is 0 Å². The molecule has 2 rings (SSSR count). The van der Waals surface area contributed by atoms with E-state index < -0.39 is 0 Å². The third-order valence-corrected chi connectivity index (χ3v) is 3.04. The van der Waals surface area contributed by atoms with Gasteiger partial charge in [-0.1, -0.05) is 12.1 Å². The molecule has 2 heterocycles. The number of piperazine rings is 1. The molecule has 0 radical (unpaired) electrons. The van der Waals surface area contributed by atoms with Gasteiger partial charge < -0.3 is 5.32 Å². The summed E-state index contributed by atoms with van der Waals surface area (Å²) < 4.78 is 0. The second-order valence-electron chi connectivity index (χ2n) is 4.12. The van der Waals surface area contributed by atoms with Gasteiger partial charge in [0, 0.05) is 44.6 Å². The maximum atomic E-state index is 4.20. The molecule has 1 aliphatic rings. The summed E-state index contributed by atoms with van der Waals surface area (Å²) in [6.45, 7) is 8.07. The van der Waals surface area contributed by atoms with Gasteiger partial charge in [0.25, 0.3) is 0 Å². The number of pyridine rings is 1. The van der Waals surface area contributed by atoms with Crippen molar-refractivity contribution in [2.45, 2.75) is 12.5 Å². The summed E-state index contributed by atoms with van der Waals surface area (Å²) in [4.78, 5) is 6.71. The molecule has 0 aromatic carbocycles. The largest absolute Gasteiger partial charge is 0.314 e. The summed E-state index contributed by atoms with van der Waals surface area (Å²) in [7, 11) is 0. The molecule has 1 N–H and O–H groups in total. The molecule has 0 aliphatic carbocycles. The highest BCUT2D eigenvalue weighted by atomic mass is 15.2. The third-order valence-electron chi connectivity index (χ3n) is 3.04. The van der Waals surface area contributed by atoms with Crippen LogP contribution in [-0.4, -0.2) is 36.1 Å². The molecule has 3 heteroatoms. The van der Waals surface area contributed by atoms with Gasteiger partial charge in [0.2, 0.25) is 0 Å². The summed E-state index contributed by atoms with van der Waals surface area (Å²) in [6, 6.07) is 4.63. The highest BCUT2D eigenvalue weighted by Crippen LogP contribution is 2.21. The van der Waals surface area contributed by atoms with E-state index in [4.69, 9.17) is 0 Å². The molecular weight excluding hydrogens is 198 g/mol. The van der Waals surface area contributed by atoms with Crippen molar-refractivity contribution >= 4 is 0 Å². The van der Waals surface area contributed by atoms with Crippen LogP contribution in [0.3, 0.4) is 0 Å². The van der Waals surface area contributed by atoms with Crippen molar-refractivity contribution in [2.75, 3.05) is 26.2 Å². The van der Waals surface area contributed by atoms with Gasteiger partial charge in [-0.25, -0.2) is 0 Å². The minimum atomic E-state index is 0.461. The first-order valence-corrected chi connectivity index (χ1v) is 5.87. The van der Waals surface area contributed by atoms with E-state index in [2.05, 4.69) is 27.8 Å². The fourth-order valence-electron chi connectivity index (χ4n) is 2.17. The molecule has 0 bridgehead atoms. The lowest BCUT2D eigenvalue weighted by Crippen LogP contribution is -2.46. The molecular formula is C13H19N3. The van der Waals surface area contributed by atoms with Crippen molar-refractivity contribution in [1.82, 2.24) is 15.2 Å². The standard InChI is InChI=1S/C13H19N3/c1-2-3-8-16-9-7-15-11-13(16)12-5-4-6-14-10-12/h2,4-6,10,13,15H,1,3,7-9,11H2. The second kappa shape index (κ2) is 5.77. The summed E-state index contributed by atoms with van der Waals surface area (Å²) in [5, 5.41) is 3.44. The Morgan fingerprint density at radius 1 is 1.62 bits per heavy atom. The van der Waals surface area contributed by atoms with Crippen molar-refractivity contribution in [2.24, 2.45) is 0 Å². The Hall–Kier alpha value is -1.19. The normalized spacial score (nSPS) is 21.9. The Kier molecular flexibility index (Phi) is 4.08. The van der Waals surface area contributed by atoms with Crippen LogP contribution in [0.4, 0.5) is 0 Å². The summed E-state index contributed by atoms with van der Waals surface area (Å²) >= 11 is 0. The lowest BCUT2D eigenvalue weighted by atomic mass is 10.1. The number of aromatic nitrogens is 1. The number of nitrogens with one attached hydrogen (secondary N) is 1. The van der Waals surface area contributed by atoms with Crippen LogP contribution in [0.15, 0.2) is 37.2 Å². The first-order valence-electron chi connectivity index (χ1n) is 5.87. The average molecular weight is 217 g/mol. The quantitative estimate of drug-likeness (QED) is 0.777. The molecule has 0 amide bonds. The predicted octanol–water partition coefficient (Wildman–Crippen LogP) is 1.60. The number of hydrogen-bond donors (Lipinski definition) is 1. The highest BCUT2D eigenvalue weighted by molar-refractivity contribution is 5.15. The number of hydrogen-bond acceptors (Lipinski definition) is 3. The molecule has 3 nitrogen and oxygen atoms in total. The van der Waals surface area contributed by atoms with Crippen LogP contribution in [0.2, 0.25) is 0 Å².